The minimum Gasteiger partial charge on any atom is -0.398 e. The second-order valence-corrected chi connectivity index (χ2v) is 5.19. The summed E-state index contributed by atoms with van der Waals surface area (Å²) in [4.78, 5) is 11.9. The van der Waals surface area contributed by atoms with E-state index in [0.29, 0.717) is 17.8 Å². The Labute approximate surface area is 112 Å². The third-order valence-electron chi connectivity index (χ3n) is 2.60. The first-order chi connectivity index (χ1) is 8.66. The Bertz CT molecular complexity index is 397. The maximum Gasteiger partial charge on any atom is 0.251 e. The van der Waals surface area contributed by atoms with Gasteiger partial charge in [0.2, 0.25) is 0 Å². The smallest absolute Gasteiger partial charge is 0.251 e. The summed E-state index contributed by atoms with van der Waals surface area (Å²) in [5, 5.41) is 11.5. The average molecular weight is 268 g/mol. The van der Waals surface area contributed by atoms with Crippen LogP contribution in [0.15, 0.2) is 18.2 Å². The van der Waals surface area contributed by atoms with Crippen molar-refractivity contribution in [2.45, 2.75) is 13.3 Å². The van der Waals surface area contributed by atoms with Gasteiger partial charge in [0.05, 0.1) is 0 Å². The number of benzene rings is 1. The molecule has 1 aromatic rings. The maximum atomic E-state index is 11.9. The highest BCUT2D eigenvalue weighted by molar-refractivity contribution is 7.99. The zero-order chi connectivity index (χ0) is 13.4. The molecule has 0 aliphatic rings. The molecule has 1 amide bonds. The fraction of sp³-hybridized carbons (Fsp3) is 0.462. The quantitative estimate of drug-likeness (QED) is 0.516. The number of amides is 1. The molecule has 0 aliphatic carbocycles. The van der Waals surface area contributed by atoms with Gasteiger partial charge in [-0.2, -0.15) is 11.8 Å². The van der Waals surface area contributed by atoms with Crippen LogP contribution in [0.5, 0.6) is 0 Å². The van der Waals surface area contributed by atoms with E-state index in [2.05, 4.69) is 5.32 Å². The predicted molar refractivity (Wildman–Crippen MR) is 77.0 cm³/mol. The summed E-state index contributed by atoms with van der Waals surface area (Å²) in [6.07, 6.45) is 0.799. The number of nitrogen functional groups attached to an aromatic ring is 1. The lowest BCUT2D eigenvalue weighted by molar-refractivity contribution is 0.0955. The molecule has 0 aromatic heterocycles. The molecule has 0 saturated heterocycles. The van der Waals surface area contributed by atoms with E-state index in [1.165, 1.54) is 0 Å². The van der Waals surface area contributed by atoms with E-state index in [1.807, 2.05) is 6.92 Å². The lowest BCUT2D eigenvalue weighted by Gasteiger charge is -2.09. The van der Waals surface area contributed by atoms with Crippen molar-refractivity contribution >= 4 is 23.4 Å². The molecule has 0 unspecified atom stereocenters. The van der Waals surface area contributed by atoms with Crippen LogP contribution in [0.3, 0.4) is 0 Å². The van der Waals surface area contributed by atoms with Gasteiger partial charge in [0.25, 0.3) is 5.91 Å². The monoisotopic (exact) mass is 268 g/mol. The molecule has 0 atom stereocenters. The van der Waals surface area contributed by atoms with Crippen LogP contribution in [0.4, 0.5) is 5.69 Å². The third-order valence-corrected chi connectivity index (χ3v) is 3.67. The summed E-state index contributed by atoms with van der Waals surface area (Å²) < 4.78 is 0. The first kappa shape index (κ1) is 14.9. The molecule has 1 aromatic carbocycles. The van der Waals surface area contributed by atoms with E-state index in [1.54, 1.807) is 30.0 Å². The topological polar surface area (TPSA) is 75.4 Å². The summed E-state index contributed by atoms with van der Waals surface area (Å²) in [5.74, 6) is 1.69. The SMILES string of the molecule is Cc1c(N)cccc1C(=O)NCCSCCCO. The van der Waals surface area contributed by atoms with E-state index < -0.39 is 0 Å². The largest absolute Gasteiger partial charge is 0.398 e. The van der Waals surface area contributed by atoms with Crippen LogP contribution in [-0.2, 0) is 0 Å². The Balaban J connectivity index is 2.35. The molecule has 1 rings (SSSR count). The van der Waals surface area contributed by atoms with Crippen molar-refractivity contribution in [3.8, 4) is 0 Å². The number of nitrogens with two attached hydrogens (primary N) is 1. The van der Waals surface area contributed by atoms with E-state index in [9.17, 15) is 4.79 Å². The molecule has 5 heteroatoms. The molecule has 0 heterocycles. The molecule has 4 nitrogen and oxygen atoms in total. The minimum absolute atomic E-state index is 0.0810. The Morgan fingerprint density at radius 2 is 2.22 bits per heavy atom. The summed E-state index contributed by atoms with van der Waals surface area (Å²) in [6, 6.07) is 5.35. The molecule has 18 heavy (non-hydrogen) atoms. The molecule has 0 aliphatic heterocycles. The van der Waals surface area contributed by atoms with Gasteiger partial charge >= 0.3 is 0 Å². The molecule has 4 N–H and O–H groups in total. The fourth-order valence-corrected chi connectivity index (χ4v) is 2.28. The second kappa shape index (κ2) is 8.00. The minimum atomic E-state index is -0.0810. The number of anilines is 1. The molecule has 0 bridgehead atoms. The third kappa shape index (κ3) is 4.58. The highest BCUT2D eigenvalue weighted by Gasteiger charge is 2.09. The van der Waals surface area contributed by atoms with Crippen LogP contribution in [0.1, 0.15) is 22.3 Å². The number of carbonyl (C=O) groups excluding carboxylic acids is 1. The van der Waals surface area contributed by atoms with Crippen molar-refractivity contribution in [3.05, 3.63) is 29.3 Å². The maximum absolute atomic E-state index is 11.9. The predicted octanol–water partition coefficient (Wildman–Crippen LogP) is 1.42. The Kier molecular flexibility index (Phi) is 6.60. The summed E-state index contributed by atoms with van der Waals surface area (Å²) in [5.41, 5.74) is 7.86. The Morgan fingerprint density at radius 1 is 1.44 bits per heavy atom. The number of carbonyl (C=O) groups is 1. The summed E-state index contributed by atoms with van der Waals surface area (Å²) in [7, 11) is 0. The normalized spacial score (nSPS) is 10.3. The first-order valence-corrected chi connectivity index (χ1v) is 7.14. The number of thioether (sulfide) groups is 1. The van der Waals surface area contributed by atoms with Gasteiger partial charge in [0.1, 0.15) is 0 Å². The Morgan fingerprint density at radius 3 is 2.94 bits per heavy atom. The van der Waals surface area contributed by atoms with Gasteiger partial charge in [-0.15, -0.1) is 0 Å². The standard InChI is InChI=1S/C13H20N2O2S/c1-10-11(4-2-5-12(10)14)13(17)15-6-9-18-8-3-7-16/h2,4-5,16H,3,6-9,14H2,1H3,(H,15,17). The Hall–Kier alpha value is -1.20. The number of nitrogens with one attached hydrogen (secondary N) is 1. The zero-order valence-corrected chi connectivity index (χ0v) is 11.4. The van der Waals surface area contributed by atoms with Crippen LogP contribution < -0.4 is 11.1 Å². The van der Waals surface area contributed by atoms with Crippen LogP contribution in [0.2, 0.25) is 0 Å². The highest BCUT2D eigenvalue weighted by atomic mass is 32.2. The van der Waals surface area contributed by atoms with Crippen molar-refractivity contribution in [3.63, 3.8) is 0 Å². The molecule has 0 spiro atoms. The van der Waals surface area contributed by atoms with E-state index in [4.69, 9.17) is 10.8 Å². The molecule has 100 valence electrons. The molecular weight excluding hydrogens is 248 g/mol. The lowest BCUT2D eigenvalue weighted by atomic mass is 10.1. The molecule has 0 saturated carbocycles. The molecule has 0 fully saturated rings. The molecule has 0 radical (unpaired) electrons. The van der Waals surface area contributed by atoms with Crippen molar-refractivity contribution in [1.82, 2.24) is 5.32 Å². The fourth-order valence-electron chi connectivity index (χ4n) is 1.50. The molecular formula is C13H20N2O2S. The van der Waals surface area contributed by atoms with Crippen LogP contribution in [-0.4, -0.2) is 35.7 Å². The van der Waals surface area contributed by atoms with Crippen LogP contribution >= 0.6 is 11.8 Å². The lowest BCUT2D eigenvalue weighted by Crippen LogP contribution is -2.26. The van der Waals surface area contributed by atoms with E-state index in [-0.39, 0.29) is 12.5 Å². The summed E-state index contributed by atoms with van der Waals surface area (Å²) in [6.45, 7) is 2.70. The van der Waals surface area contributed by atoms with Gasteiger partial charge < -0.3 is 16.2 Å². The van der Waals surface area contributed by atoms with Gasteiger partial charge in [-0.25, -0.2) is 0 Å². The second-order valence-electron chi connectivity index (χ2n) is 3.97. The highest BCUT2D eigenvalue weighted by Crippen LogP contribution is 2.15. The zero-order valence-electron chi connectivity index (χ0n) is 10.6. The van der Waals surface area contributed by atoms with E-state index >= 15 is 0 Å². The van der Waals surface area contributed by atoms with Gasteiger partial charge in [-0.05, 0) is 36.8 Å². The number of aliphatic hydroxyl groups is 1. The average Bonchev–Trinajstić information content (AvgIpc) is 2.36. The van der Waals surface area contributed by atoms with Gasteiger partial charge in [0, 0.05) is 30.2 Å². The van der Waals surface area contributed by atoms with Crippen LogP contribution in [0.25, 0.3) is 0 Å². The van der Waals surface area contributed by atoms with Crippen molar-refractivity contribution < 1.29 is 9.90 Å². The summed E-state index contributed by atoms with van der Waals surface area (Å²) >= 11 is 1.72. The van der Waals surface area contributed by atoms with E-state index in [0.717, 1.165) is 23.5 Å². The number of aliphatic hydroxyl groups excluding tert-OH is 1. The first-order valence-electron chi connectivity index (χ1n) is 5.98. The van der Waals surface area contributed by atoms with Gasteiger partial charge in [-0.1, -0.05) is 6.07 Å². The van der Waals surface area contributed by atoms with Crippen molar-refractivity contribution in [2.75, 3.05) is 30.4 Å². The van der Waals surface area contributed by atoms with Crippen molar-refractivity contribution in [2.24, 2.45) is 0 Å². The van der Waals surface area contributed by atoms with Gasteiger partial charge in [-0.3, -0.25) is 4.79 Å². The van der Waals surface area contributed by atoms with Crippen molar-refractivity contribution in [1.29, 1.82) is 0 Å². The van der Waals surface area contributed by atoms with Gasteiger partial charge in [0.15, 0.2) is 0 Å². The number of rotatable bonds is 7. The number of hydrogen-bond acceptors (Lipinski definition) is 4. The number of hydrogen-bond donors (Lipinski definition) is 3. The van der Waals surface area contributed by atoms with Crippen LogP contribution in [0, 0.1) is 6.92 Å².